The Kier molecular flexibility index (Phi) is 6.76. The van der Waals surface area contributed by atoms with Crippen molar-refractivity contribution in [3.8, 4) is 0 Å². The van der Waals surface area contributed by atoms with Crippen LogP contribution in [0.2, 0.25) is 0 Å². The first-order valence-corrected chi connectivity index (χ1v) is 8.12. The highest BCUT2D eigenvalue weighted by atomic mass is 16.5. The first-order chi connectivity index (χ1) is 11.2. The highest BCUT2D eigenvalue weighted by Gasteiger charge is 2.18. The highest BCUT2D eigenvalue weighted by Crippen LogP contribution is 2.23. The summed E-state index contributed by atoms with van der Waals surface area (Å²) >= 11 is 0. The fourth-order valence-corrected chi connectivity index (χ4v) is 2.48. The number of pyridine rings is 1. The molecule has 2 rings (SSSR count). The van der Waals surface area contributed by atoms with Crippen molar-refractivity contribution in [2.24, 2.45) is 0 Å². The van der Waals surface area contributed by atoms with Crippen molar-refractivity contribution >= 4 is 5.97 Å². The number of aromatic nitrogens is 1. The monoisotopic (exact) mass is 312 g/mol. The number of nitrogens with zero attached hydrogens (tertiary/aromatic N) is 2. The topological polar surface area (TPSA) is 42.4 Å². The zero-order chi connectivity index (χ0) is 16.5. The average molecular weight is 312 g/mol. The van der Waals surface area contributed by atoms with E-state index in [0.29, 0.717) is 5.56 Å². The SMILES string of the molecule is CCN(CC)CCC(OC(=O)c1cccnc1)c1ccccc1. The third-order valence-electron chi connectivity index (χ3n) is 3.92. The number of ether oxygens (including phenoxy) is 1. The molecule has 1 heterocycles. The Labute approximate surface area is 138 Å². The van der Waals surface area contributed by atoms with Gasteiger partial charge in [0.2, 0.25) is 0 Å². The zero-order valence-corrected chi connectivity index (χ0v) is 13.8. The highest BCUT2D eigenvalue weighted by molar-refractivity contribution is 5.89. The van der Waals surface area contributed by atoms with E-state index in [4.69, 9.17) is 4.74 Å². The largest absolute Gasteiger partial charge is 0.454 e. The molecule has 0 fully saturated rings. The molecule has 0 amide bonds. The van der Waals surface area contributed by atoms with Crippen LogP contribution in [0.3, 0.4) is 0 Å². The molecule has 0 aliphatic rings. The summed E-state index contributed by atoms with van der Waals surface area (Å²) in [6, 6.07) is 13.4. The van der Waals surface area contributed by atoms with Gasteiger partial charge in [0.05, 0.1) is 5.56 Å². The maximum absolute atomic E-state index is 12.3. The summed E-state index contributed by atoms with van der Waals surface area (Å²) in [4.78, 5) is 18.6. The molecule has 0 aliphatic heterocycles. The zero-order valence-electron chi connectivity index (χ0n) is 13.8. The van der Waals surface area contributed by atoms with Crippen LogP contribution >= 0.6 is 0 Å². The van der Waals surface area contributed by atoms with E-state index in [1.165, 1.54) is 6.20 Å². The molecule has 0 spiro atoms. The predicted molar refractivity (Wildman–Crippen MR) is 91.2 cm³/mol. The molecular formula is C19H24N2O2. The van der Waals surface area contributed by atoms with Gasteiger partial charge in [-0.25, -0.2) is 4.79 Å². The van der Waals surface area contributed by atoms with Crippen LogP contribution in [0.25, 0.3) is 0 Å². The Balaban J connectivity index is 2.09. The van der Waals surface area contributed by atoms with Gasteiger partial charge >= 0.3 is 5.97 Å². The van der Waals surface area contributed by atoms with E-state index in [0.717, 1.165) is 31.6 Å². The lowest BCUT2D eigenvalue weighted by molar-refractivity contribution is 0.0253. The van der Waals surface area contributed by atoms with Crippen LogP contribution in [-0.2, 0) is 4.74 Å². The number of benzene rings is 1. The van der Waals surface area contributed by atoms with E-state index in [1.807, 2.05) is 30.3 Å². The second kappa shape index (κ2) is 9.06. The van der Waals surface area contributed by atoms with Crippen molar-refractivity contribution in [3.05, 3.63) is 66.0 Å². The van der Waals surface area contributed by atoms with Crippen molar-refractivity contribution in [2.45, 2.75) is 26.4 Å². The lowest BCUT2D eigenvalue weighted by Crippen LogP contribution is -2.26. The first kappa shape index (κ1) is 17.2. The van der Waals surface area contributed by atoms with Crippen molar-refractivity contribution in [2.75, 3.05) is 19.6 Å². The minimum absolute atomic E-state index is 0.246. The van der Waals surface area contributed by atoms with E-state index < -0.39 is 0 Å². The Hall–Kier alpha value is -2.20. The molecule has 0 bridgehead atoms. The van der Waals surface area contributed by atoms with Gasteiger partial charge in [-0.2, -0.15) is 0 Å². The minimum Gasteiger partial charge on any atom is -0.454 e. The van der Waals surface area contributed by atoms with E-state index in [-0.39, 0.29) is 12.1 Å². The Morgan fingerprint density at radius 1 is 1.13 bits per heavy atom. The number of hydrogen-bond acceptors (Lipinski definition) is 4. The van der Waals surface area contributed by atoms with Gasteiger partial charge in [0, 0.05) is 25.4 Å². The Morgan fingerprint density at radius 2 is 1.87 bits per heavy atom. The molecule has 23 heavy (non-hydrogen) atoms. The maximum Gasteiger partial charge on any atom is 0.340 e. The summed E-state index contributed by atoms with van der Waals surface area (Å²) in [6.45, 7) is 7.17. The molecule has 1 aromatic heterocycles. The molecule has 2 aromatic rings. The van der Waals surface area contributed by atoms with E-state index >= 15 is 0 Å². The van der Waals surface area contributed by atoms with Crippen molar-refractivity contribution in [1.29, 1.82) is 0 Å². The first-order valence-electron chi connectivity index (χ1n) is 8.12. The third-order valence-corrected chi connectivity index (χ3v) is 3.92. The second-order valence-electron chi connectivity index (χ2n) is 5.36. The smallest absolute Gasteiger partial charge is 0.340 e. The van der Waals surface area contributed by atoms with E-state index in [1.54, 1.807) is 18.3 Å². The number of esters is 1. The van der Waals surface area contributed by atoms with Crippen molar-refractivity contribution < 1.29 is 9.53 Å². The van der Waals surface area contributed by atoms with Gasteiger partial charge in [-0.3, -0.25) is 4.98 Å². The molecule has 0 saturated carbocycles. The normalized spacial score (nSPS) is 12.1. The summed E-state index contributed by atoms with van der Waals surface area (Å²) in [5, 5.41) is 0. The lowest BCUT2D eigenvalue weighted by atomic mass is 10.1. The van der Waals surface area contributed by atoms with Gasteiger partial charge in [-0.1, -0.05) is 44.2 Å². The number of carbonyl (C=O) groups is 1. The third kappa shape index (κ3) is 5.18. The maximum atomic E-state index is 12.3. The Bertz CT molecular complexity index is 583. The second-order valence-corrected chi connectivity index (χ2v) is 5.36. The standard InChI is InChI=1S/C19H24N2O2/c1-3-21(4-2)14-12-18(16-9-6-5-7-10-16)23-19(22)17-11-8-13-20-15-17/h5-11,13,15,18H,3-4,12,14H2,1-2H3. The van der Waals surface area contributed by atoms with Crippen LogP contribution in [0.5, 0.6) is 0 Å². The van der Waals surface area contributed by atoms with Crippen LogP contribution in [0.4, 0.5) is 0 Å². The molecule has 1 unspecified atom stereocenters. The van der Waals surface area contributed by atoms with Crippen LogP contribution in [-0.4, -0.2) is 35.5 Å². The van der Waals surface area contributed by atoms with Gasteiger partial charge < -0.3 is 9.64 Å². The van der Waals surface area contributed by atoms with Gasteiger partial charge in [0.1, 0.15) is 6.10 Å². The van der Waals surface area contributed by atoms with Crippen molar-refractivity contribution in [3.63, 3.8) is 0 Å². The molecule has 0 radical (unpaired) electrons. The van der Waals surface area contributed by atoms with Crippen molar-refractivity contribution in [1.82, 2.24) is 9.88 Å². The summed E-state index contributed by atoms with van der Waals surface area (Å²) in [5.41, 5.74) is 1.51. The molecule has 4 nitrogen and oxygen atoms in total. The van der Waals surface area contributed by atoms with Gasteiger partial charge in [0.25, 0.3) is 0 Å². The Morgan fingerprint density at radius 3 is 2.48 bits per heavy atom. The summed E-state index contributed by atoms with van der Waals surface area (Å²) in [6.07, 6.45) is 3.71. The number of hydrogen-bond donors (Lipinski definition) is 0. The average Bonchev–Trinajstić information content (AvgIpc) is 2.63. The quantitative estimate of drug-likeness (QED) is 0.697. The molecule has 1 aromatic carbocycles. The van der Waals surface area contributed by atoms with Crippen LogP contribution in [0.1, 0.15) is 42.3 Å². The van der Waals surface area contributed by atoms with E-state index in [2.05, 4.69) is 23.7 Å². The molecule has 1 atom stereocenters. The van der Waals surface area contributed by atoms with Gasteiger partial charge in [-0.15, -0.1) is 0 Å². The van der Waals surface area contributed by atoms with Crippen LogP contribution < -0.4 is 0 Å². The van der Waals surface area contributed by atoms with Gasteiger partial charge in [-0.05, 0) is 30.8 Å². The fourth-order valence-electron chi connectivity index (χ4n) is 2.48. The molecule has 4 heteroatoms. The number of carbonyl (C=O) groups excluding carboxylic acids is 1. The summed E-state index contributed by atoms with van der Waals surface area (Å²) < 4.78 is 5.76. The fraction of sp³-hybridized carbons (Fsp3) is 0.368. The summed E-state index contributed by atoms with van der Waals surface area (Å²) in [7, 11) is 0. The molecule has 122 valence electrons. The van der Waals surface area contributed by atoms with Crippen LogP contribution in [0.15, 0.2) is 54.9 Å². The predicted octanol–water partition coefficient (Wildman–Crippen LogP) is 3.71. The van der Waals surface area contributed by atoms with Crippen LogP contribution in [0, 0.1) is 0 Å². The molecule has 0 N–H and O–H groups in total. The van der Waals surface area contributed by atoms with Gasteiger partial charge in [0.15, 0.2) is 0 Å². The van der Waals surface area contributed by atoms with E-state index in [9.17, 15) is 4.79 Å². The molecular weight excluding hydrogens is 288 g/mol. The molecule has 0 aliphatic carbocycles. The number of rotatable bonds is 8. The lowest BCUT2D eigenvalue weighted by Gasteiger charge is -2.23. The minimum atomic E-state index is -0.327. The molecule has 0 saturated heterocycles. The summed E-state index contributed by atoms with van der Waals surface area (Å²) in [5.74, 6) is -0.327.